The molecule has 0 aliphatic rings. The predicted octanol–water partition coefficient (Wildman–Crippen LogP) is 16.8. The van der Waals surface area contributed by atoms with E-state index in [1.165, 1.54) is 48.7 Å². The van der Waals surface area contributed by atoms with Crippen LogP contribution in [0.3, 0.4) is 0 Å². The van der Waals surface area contributed by atoms with Gasteiger partial charge in [-0.3, -0.25) is 0 Å². The molecule has 0 amide bonds. The Bertz CT molecular complexity index is 4540. The topological polar surface area (TPSA) is 56.7 Å². The Balaban J connectivity index is 0.970. The van der Waals surface area contributed by atoms with Gasteiger partial charge in [-0.1, -0.05) is 158 Å². The van der Waals surface area contributed by atoms with Gasteiger partial charge in [-0.15, -0.1) is 0 Å². The van der Waals surface area contributed by atoms with E-state index in [9.17, 15) is 0 Å². The molecular formula is C63H36N4O. The summed E-state index contributed by atoms with van der Waals surface area (Å²) < 4.78 is 9.42. The molecule has 0 N–H and O–H groups in total. The average Bonchev–Trinajstić information content (AvgIpc) is 3.94. The van der Waals surface area contributed by atoms with Crippen molar-refractivity contribution >= 4 is 108 Å². The van der Waals surface area contributed by atoms with E-state index in [1.54, 1.807) is 0 Å². The summed E-state index contributed by atoms with van der Waals surface area (Å²) in [7, 11) is 0. The molecule has 0 aliphatic heterocycles. The fourth-order valence-electron chi connectivity index (χ4n) is 10.9. The van der Waals surface area contributed by atoms with Crippen LogP contribution < -0.4 is 0 Å². The first-order valence-corrected chi connectivity index (χ1v) is 23.1. The van der Waals surface area contributed by atoms with E-state index in [4.69, 9.17) is 19.4 Å². The lowest BCUT2D eigenvalue weighted by Gasteiger charge is -2.13. The highest BCUT2D eigenvalue weighted by Crippen LogP contribution is 2.43. The minimum absolute atomic E-state index is 0.551. The molecule has 0 saturated heterocycles. The molecule has 3 heterocycles. The first kappa shape index (κ1) is 37.1. The maximum absolute atomic E-state index is 6.98. The Labute approximate surface area is 388 Å². The number of nitrogens with zero attached hydrogens (tertiary/aromatic N) is 4. The molecule has 0 radical (unpaired) electrons. The van der Waals surface area contributed by atoms with Crippen LogP contribution in [0.1, 0.15) is 0 Å². The number of hydrogen-bond donors (Lipinski definition) is 0. The molecule has 15 aromatic rings. The van der Waals surface area contributed by atoms with Crippen LogP contribution in [0.15, 0.2) is 223 Å². The van der Waals surface area contributed by atoms with Crippen LogP contribution in [0.4, 0.5) is 0 Å². The van der Waals surface area contributed by atoms with E-state index in [0.717, 1.165) is 82.0 Å². The molecule has 15 rings (SSSR count). The van der Waals surface area contributed by atoms with Gasteiger partial charge in [-0.25, -0.2) is 15.0 Å². The zero-order chi connectivity index (χ0) is 44.5. The largest absolute Gasteiger partial charge is 0.455 e. The van der Waals surface area contributed by atoms with Crippen molar-refractivity contribution in [2.24, 2.45) is 0 Å². The van der Waals surface area contributed by atoms with Gasteiger partial charge in [-0.05, 0) is 125 Å². The summed E-state index contributed by atoms with van der Waals surface area (Å²) in [6.07, 6.45) is 0. The summed E-state index contributed by atoms with van der Waals surface area (Å²) >= 11 is 0. The number of fused-ring (bicyclic) bond motifs is 14. The molecule has 12 aromatic carbocycles. The third-order valence-electron chi connectivity index (χ3n) is 14.1. The van der Waals surface area contributed by atoms with Crippen molar-refractivity contribution in [1.82, 2.24) is 19.5 Å². The monoisotopic (exact) mass is 864 g/mol. The van der Waals surface area contributed by atoms with Crippen molar-refractivity contribution in [2.75, 3.05) is 0 Å². The van der Waals surface area contributed by atoms with Gasteiger partial charge in [0.15, 0.2) is 17.5 Å². The number of hydrogen-bond acceptors (Lipinski definition) is 4. The van der Waals surface area contributed by atoms with Gasteiger partial charge in [0.05, 0.1) is 16.6 Å². The molecule has 0 atom stereocenters. The minimum atomic E-state index is 0.551. The molecule has 0 fully saturated rings. The van der Waals surface area contributed by atoms with E-state index in [2.05, 4.69) is 223 Å². The number of rotatable bonds is 4. The molecule has 0 aliphatic carbocycles. The summed E-state index contributed by atoms with van der Waals surface area (Å²) in [4.78, 5) is 15.9. The lowest BCUT2D eigenvalue weighted by atomic mass is 9.96. The van der Waals surface area contributed by atoms with Gasteiger partial charge in [-0.2, -0.15) is 0 Å². The van der Waals surface area contributed by atoms with E-state index in [0.29, 0.717) is 17.5 Å². The summed E-state index contributed by atoms with van der Waals surface area (Å²) in [5.41, 5.74) is 7.65. The highest BCUT2D eigenvalue weighted by atomic mass is 16.3. The molecule has 3 aromatic heterocycles. The Hall–Kier alpha value is -9.19. The fraction of sp³-hybridized carbons (Fsp3) is 0. The standard InChI is InChI=1S/C63H36N4O/c1-2-13-39-30-45(25-24-37(39)12-1)61-64-62(66-63(65-61)55-33-44-18-7-8-19-47(44)48-20-9-10-21-49(48)55)51-23-11-22-50-59-52-36-46(28-26-38(52)27-29-58(59)68-60(50)51)67-56-34-42-16-5-3-14-40(42)31-53(56)54-32-41-15-4-6-17-43(41)35-57(54)67/h1-36H. The van der Waals surface area contributed by atoms with Crippen molar-refractivity contribution in [2.45, 2.75) is 0 Å². The molecule has 0 saturated carbocycles. The molecule has 0 unspecified atom stereocenters. The third-order valence-corrected chi connectivity index (χ3v) is 14.1. The predicted molar refractivity (Wildman–Crippen MR) is 283 cm³/mol. The second kappa shape index (κ2) is 14.2. The molecule has 5 nitrogen and oxygen atoms in total. The van der Waals surface area contributed by atoms with E-state index in [1.807, 2.05) is 0 Å². The van der Waals surface area contributed by atoms with Crippen LogP contribution in [-0.4, -0.2) is 19.5 Å². The third kappa shape index (κ3) is 5.53. The normalized spacial score (nSPS) is 12.1. The summed E-state index contributed by atoms with van der Waals surface area (Å²) in [6, 6.07) is 78.2. The SMILES string of the molecule is c1ccc2cc(-c3nc(-c4cc5ccccc5c5ccccc45)nc(-c4cccc5c4oc4ccc6ccc(-n7c8cc9ccccc9cc8c8cc9ccccc9cc87)cc6c45)n3)ccc2c1. The lowest BCUT2D eigenvalue weighted by molar-refractivity contribution is 0.670. The van der Waals surface area contributed by atoms with Gasteiger partial charge >= 0.3 is 0 Å². The van der Waals surface area contributed by atoms with Crippen molar-refractivity contribution in [3.8, 4) is 39.9 Å². The van der Waals surface area contributed by atoms with Crippen molar-refractivity contribution in [3.63, 3.8) is 0 Å². The number of furan rings is 1. The number of para-hydroxylation sites is 1. The van der Waals surface area contributed by atoms with Crippen molar-refractivity contribution in [3.05, 3.63) is 218 Å². The second-order valence-corrected chi connectivity index (χ2v) is 18.0. The zero-order valence-corrected chi connectivity index (χ0v) is 36.5. The summed E-state index contributed by atoms with van der Waals surface area (Å²) in [6.45, 7) is 0. The lowest BCUT2D eigenvalue weighted by Crippen LogP contribution is -2.01. The zero-order valence-electron chi connectivity index (χ0n) is 36.5. The quantitative estimate of drug-likeness (QED) is 0.165. The molecule has 0 bridgehead atoms. The number of benzene rings is 12. The Kier molecular flexibility index (Phi) is 7.72. The van der Waals surface area contributed by atoms with Gasteiger partial charge in [0.1, 0.15) is 11.2 Å². The van der Waals surface area contributed by atoms with Gasteiger partial charge in [0.2, 0.25) is 0 Å². The van der Waals surface area contributed by atoms with Crippen LogP contribution in [0.2, 0.25) is 0 Å². The summed E-state index contributed by atoms with van der Waals surface area (Å²) in [5, 5.41) is 18.5. The molecule has 0 spiro atoms. The minimum Gasteiger partial charge on any atom is -0.455 e. The molecule has 5 heteroatoms. The van der Waals surface area contributed by atoms with Crippen LogP contribution >= 0.6 is 0 Å². The average molecular weight is 865 g/mol. The fourth-order valence-corrected chi connectivity index (χ4v) is 10.9. The maximum atomic E-state index is 6.98. The van der Waals surface area contributed by atoms with Crippen LogP contribution in [0, 0.1) is 0 Å². The van der Waals surface area contributed by atoms with Gasteiger partial charge in [0, 0.05) is 38.4 Å². The van der Waals surface area contributed by atoms with Crippen LogP contribution in [0.5, 0.6) is 0 Å². The van der Waals surface area contributed by atoms with Gasteiger partial charge < -0.3 is 8.98 Å². The highest BCUT2D eigenvalue weighted by molar-refractivity contribution is 6.22. The van der Waals surface area contributed by atoms with E-state index >= 15 is 0 Å². The maximum Gasteiger partial charge on any atom is 0.167 e. The Morgan fingerprint density at radius 2 is 0.853 bits per heavy atom. The molecule has 68 heavy (non-hydrogen) atoms. The molecule has 314 valence electrons. The Morgan fingerprint density at radius 3 is 1.57 bits per heavy atom. The van der Waals surface area contributed by atoms with E-state index in [-0.39, 0.29) is 0 Å². The molecular weight excluding hydrogens is 829 g/mol. The Morgan fingerprint density at radius 1 is 0.309 bits per heavy atom. The van der Waals surface area contributed by atoms with Crippen molar-refractivity contribution in [1.29, 1.82) is 0 Å². The number of aromatic nitrogens is 4. The first-order valence-electron chi connectivity index (χ1n) is 23.1. The summed E-state index contributed by atoms with van der Waals surface area (Å²) in [5.74, 6) is 1.76. The highest BCUT2D eigenvalue weighted by Gasteiger charge is 2.22. The smallest absolute Gasteiger partial charge is 0.167 e. The van der Waals surface area contributed by atoms with Gasteiger partial charge in [0.25, 0.3) is 0 Å². The first-order chi connectivity index (χ1) is 33.7. The van der Waals surface area contributed by atoms with Crippen LogP contribution in [-0.2, 0) is 0 Å². The van der Waals surface area contributed by atoms with Crippen molar-refractivity contribution < 1.29 is 4.42 Å². The van der Waals surface area contributed by atoms with Crippen LogP contribution in [0.25, 0.3) is 148 Å². The van der Waals surface area contributed by atoms with E-state index < -0.39 is 0 Å². The second-order valence-electron chi connectivity index (χ2n) is 18.0.